The van der Waals surface area contributed by atoms with Gasteiger partial charge in [-0.3, -0.25) is 9.59 Å². The molecule has 0 aliphatic heterocycles. The summed E-state index contributed by atoms with van der Waals surface area (Å²) in [6, 6.07) is 8.35. The van der Waals surface area contributed by atoms with E-state index in [0.29, 0.717) is 12.2 Å². The first-order chi connectivity index (χ1) is 14.1. The van der Waals surface area contributed by atoms with Crippen LogP contribution in [0.25, 0.3) is 0 Å². The largest absolute Gasteiger partial charge is 0.456 e. The molecule has 2 unspecified atom stereocenters. The van der Waals surface area contributed by atoms with E-state index in [1.165, 1.54) is 19.1 Å². The summed E-state index contributed by atoms with van der Waals surface area (Å²) in [5.41, 5.74) is 2.12. The van der Waals surface area contributed by atoms with Crippen LogP contribution in [-0.2, 0) is 24.3 Å². The second kappa shape index (κ2) is 10.0. The number of nitrogens with one attached hydrogen (secondary N) is 1. The van der Waals surface area contributed by atoms with Crippen LogP contribution >= 0.6 is 0 Å². The number of sulfonamides is 1. The molecule has 0 spiro atoms. The van der Waals surface area contributed by atoms with Crippen LogP contribution < -0.4 is 4.72 Å². The number of methoxy groups -OCH3 is 1. The Morgan fingerprint density at radius 3 is 2.37 bits per heavy atom. The van der Waals surface area contributed by atoms with E-state index >= 15 is 0 Å². The molecule has 30 heavy (non-hydrogen) atoms. The lowest BCUT2D eigenvalue weighted by Crippen LogP contribution is -2.40. The second-order valence-electron chi connectivity index (χ2n) is 7.15. The molecule has 0 amide bonds. The quantitative estimate of drug-likeness (QED) is 0.453. The Hall–Kier alpha value is -2.49. The first kappa shape index (κ1) is 23.8. The van der Waals surface area contributed by atoms with Gasteiger partial charge >= 0.3 is 5.97 Å². The lowest BCUT2D eigenvalue weighted by molar-refractivity contribution is -0.144. The fourth-order valence-electron chi connectivity index (χ4n) is 3.34. The zero-order chi connectivity index (χ0) is 22.5. The van der Waals surface area contributed by atoms with Crippen LogP contribution in [0.15, 0.2) is 41.3 Å². The topological polar surface area (TPSA) is 104 Å². The molecule has 0 saturated heterocycles. The highest BCUT2D eigenvalue weighted by molar-refractivity contribution is 7.89. The van der Waals surface area contributed by atoms with Gasteiger partial charge in [0, 0.05) is 24.1 Å². The van der Waals surface area contributed by atoms with E-state index in [0.717, 1.165) is 11.4 Å². The Balaban J connectivity index is 2.01. The van der Waals surface area contributed by atoms with Crippen LogP contribution in [0.3, 0.4) is 0 Å². The minimum atomic E-state index is -3.87. The zero-order valence-corrected chi connectivity index (χ0v) is 18.7. The number of ketones is 1. The molecule has 2 rings (SSSR count). The van der Waals surface area contributed by atoms with Crippen LogP contribution in [0.5, 0.6) is 0 Å². The third kappa shape index (κ3) is 5.56. The summed E-state index contributed by atoms with van der Waals surface area (Å²) in [7, 11) is -2.26. The van der Waals surface area contributed by atoms with Gasteiger partial charge in [0.1, 0.15) is 6.04 Å². The number of nitrogens with zero attached hydrogens (tertiary/aromatic N) is 1. The molecule has 1 aromatic heterocycles. The summed E-state index contributed by atoms with van der Waals surface area (Å²) >= 11 is 0. The zero-order valence-electron chi connectivity index (χ0n) is 17.8. The molecule has 164 valence electrons. The molecule has 2 atom stereocenters. The van der Waals surface area contributed by atoms with Gasteiger partial charge in [0.2, 0.25) is 15.8 Å². The van der Waals surface area contributed by atoms with Crippen LogP contribution in [0.2, 0.25) is 0 Å². The maximum Gasteiger partial charge on any atom is 0.324 e. The average Bonchev–Trinajstić information content (AvgIpc) is 3.00. The molecule has 2 aromatic rings. The first-order valence-electron chi connectivity index (χ1n) is 9.53. The van der Waals surface area contributed by atoms with Crippen molar-refractivity contribution in [2.75, 3.05) is 20.3 Å². The van der Waals surface area contributed by atoms with Gasteiger partial charge < -0.3 is 14.0 Å². The summed E-state index contributed by atoms with van der Waals surface area (Å²) in [5.74, 6) is -1.19. The molecule has 0 fully saturated rings. The van der Waals surface area contributed by atoms with Crippen LogP contribution in [0.4, 0.5) is 0 Å². The number of rotatable bonds is 10. The summed E-state index contributed by atoms with van der Waals surface area (Å²) < 4.78 is 39.1. The number of esters is 1. The van der Waals surface area contributed by atoms with E-state index in [1.807, 2.05) is 25.3 Å². The van der Waals surface area contributed by atoms with Crippen LogP contribution in [-0.4, -0.2) is 51.1 Å². The fourth-order valence-corrected chi connectivity index (χ4v) is 4.55. The highest BCUT2D eigenvalue weighted by Gasteiger charge is 2.25. The van der Waals surface area contributed by atoms with Crippen molar-refractivity contribution >= 4 is 21.8 Å². The molecule has 8 nitrogen and oxygen atoms in total. The van der Waals surface area contributed by atoms with E-state index in [4.69, 9.17) is 9.47 Å². The van der Waals surface area contributed by atoms with Crippen molar-refractivity contribution < 1.29 is 27.5 Å². The Bertz CT molecular complexity index is 998. The number of carbonyl (C=O) groups is 2. The molecular formula is C21H28N2O6S. The molecular weight excluding hydrogens is 408 g/mol. The number of aromatic nitrogens is 1. The van der Waals surface area contributed by atoms with Gasteiger partial charge in [-0.1, -0.05) is 18.2 Å². The number of benzene rings is 1. The smallest absolute Gasteiger partial charge is 0.324 e. The van der Waals surface area contributed by atoms with Crippen LogP contribution in [0, 0.1) is 13.8 Å². The third-order valence-corrected chi connectivity index (χ3v) is 6.27. The lowest BCUT2D eigenvalue weighted by atomic mass is 10.1. The molecule has 0 aliphatic rings. The number of aryl methyl sites for hydroxylation is 1. The lowest BCUT2D eigenvalue weighted by Gasteiger charge is -2.17. The van der Waals surface area contributed by atoms with Crippen molar-refractivity contribution in [1.82, 2.24) is 9.29 Å². The van der Waals surface area contributed by atoms with Gasteiger partial charge in [0.05, 0.1) is 17.5 Å². The number of hydrogen-bond donors (Lipinski definition) is 1. The maximum absolute atomic E-state index is 12.6. The van der Waals surface area contributed by atoms with E-state index in [2.05, 4.69) is 4.72 Å². The predicted molar refractivity (Wildman–Crippen MR) is 112 cm³/mol. The van der Waals surface area contributed by atoms with E-state index in [9.17, 15) is 18.0 Å². The SMILES string of the molecule is COCC(C)n1c(C)cc(C(=O)COC(=O)C(C)NS(=O)(=O)c2ccccc2)c1C. The van der Waals surface area contributed by atoms with E-state index < -0.39 is 28.6 Å². The third-order valence-electron chi connectivity index (χ3n) is 4.72. The minimum Gasteiger partial charge on any atom is -0.456 e. The molecule has 1 aromatic carbocycles. The van der Waals surface area contributed by atoms with Crippen LogP contribution in [0.1, 0.15) is 41.6 Å². The van der Waals surface area contributed by atoms with Crippen molar-refractivity contribution in [2.24, 2.45) is 0 Å². The van der Waals surface area contributed by atoms with Gasteiger partial charge in [0.25, 0.3) is 0 Å². The van der Waals surface area contributed by atoms with Gasteiger partial charge in [-0.05, 0) is 45.9 Å². The predicted octanol–water partition coefficient (Wildman–Crippen LogP) is 2.41. The number of carbonyl (C=O) groups excluding carboxylic acids is 2. The van der Waals surface area contributed by atoms with Gasteiger partial charge in [-0.25, -0.2) is 8.42 Å². The van der Waals surface area contributed by atoms with Crippen molar-refractivity contribution in [1.29, 1.82) is 0 Å². The summed E-state index contributed by atoms with van der Waals surface area (Å²) in [6.45, 7) is 7.09. The Labute approximate surface area is 177 Å². The minimum absolute atomic E-state index is 0.0401. The van der Waals surface area contributed by atoms with E-state index in [1.54, 1.807) is 31.4 Å². The first-order valence-corrected chi connectivity index (χ1v) is 11.0. The van der Waals surface area contributed by atoms with Gasteiger partial charge in [-0.15, -0.1) is 0 Å². The standard InChI is InChI=1S/C21H28N2O6S/c1-14-11-19(17(4)23(14)15(2)12-28-5)20(24)13-29-21(25)16(3)22-30(26,27)18-9-7-6-8-10-18/h6-11,15-16,22H,12-13H2,1-5H3. The maximum atomic E-state index is 12.6. The number of Topliss-reactive ketones (excluding diaryl/α,β-unsaturated/α-hetero) is 1. The van der Waals surface area contributed by atoms with Gasteiger partial charge in [-0.2, -0.15) is 4.72 Å². The normalized spacial score (nSPS) is 13.6. The molecule has 0 saturated carbocycles. The fraction of sp³-hybridized carbons (Fsp3) is 0.429. The highest BCUT2D eigenvalue weighted by atomic mass is 32.2. The Kier molecular flexibility index (Phi) is 7.94. The second-order valence-corrected chi connectivity index (χ2v) is 8.86. The summed E-state index contributed by atoms with van der Waals surface area (Å²) in [5, 5.41) is 0. The van der Waals surface area contributed by atoms with Crippen molar-refractivity contribution in [2.45, 2.75) is 44.7 Å². The van der Waals surface area contributed by atoms with Crippen molar-refractivity contribution in [3.05, 3.63) is 53.3 Å². The highest BCUT2D eigenvalue weighted by Crippen LogP contribution is 2.21. The summed E-state index contributed by atoms with van der Waals surface area (Å²) in [4.78, 5) is 24.8. The molecule has 1 heterocycles. The average molecular weight is 437 g/mol. The van der Waals surface area contributed by atoms with E-state index in [-0.39, 0.29) is 16.7 Å². The number of hydrogen-bond acceptors (Lipinski definition) is 6. The monoisotopic (exact) mass is 436 g/mol. The molecule has 9 heteroatoms. The Morgan fingerprint density at radius 2 is 1.77 bits per heavy atom. The Morgan fingerprint density at radius 1 is 1.13 bits per heavy atom. The number of ether oxygens (including phenoxy) is 2. The molecule has 1 N–H and O–H groups in total. The van der Waals surface area contributed by atoms with Crippen molar-refractivity contribution in [3.8, 4) is 0 Å². The van der Waals surface area contributed by atoms with Crippen molar-refractivity contribution in [3.63, 3.8) is 0 Å². The molecule has 0 bridgehead atoms. The molecule has 0 aliphatic carbocycles. The molecule has 0 radical (unpaired) electrons. The van der Waals surface area contributed by atoms with Gasteiger partial charge in [0.15, 0.2) is 6.61 Å². The summed E-state index contributed by atoms with van der Waals surface area (Å²) in [6.07, 6.45) is 0.